The van der Waals surface area contributed by atoms with Crippen molar-refractivity contribution in [1.29, 1.82) is 0 Å². The number of hydrogen-bond donors (Lipinski definition) is 0. The lowest BCUT2D eigenvalue weighted by Crippen LogP contribution is -2.22. The van der Waals surface area contributed by atoms with Crippen molar-refractivity contribution < 1.29 is 0 Å². The van der Waals surface area contributed by atoms with E-state index in [9.17, 15) is 0 Å². The molecule has 2 saturated carbocycles. The summed E-state index contributed by atoms with van der Waals surface area (Å²) in [6.45, 7) is 8.62. The molecule has 0 N–H and O–H groups in total. The van der Waals surface area contributed by atoms with E-state index in [1.54, 1.807) is 25.7 Å². The Hall–Kier alpha value is -0.780. The fraction of sp³-hybridized carbons (Fsp3) is 0.700. The summed E-state index contributed by atoms with van der Waals surface area (Å²) in [5, 5.41) is 0. The van der Waals surface area contributed by atoms with Crippen LogP contribution in [0.2, 0.25) is 0 Å². The van der Waals surface area contributed by atoms with Crippen molar-refractivity contribution in [2.45, 2.75) is 79.1 Å². The normalized spacial score (nSPS) is 25.4. The molecule has 20 heavy (non-hydrogen) atoms. The Morgan fingerprint density at radius 3 is 1.05 bits per heavy atom. The molecule has 2 aliphatic rings. The summed E-state index contributed by atoms with van der Waals surface area (Å²) in [7, 11) is 0. The molecule has 0 saturated heterocycles. The van der Waals surface area contributed by atoms with Crippen molar-refractivity contribution >= 4 is 0 Å². The molecule has 112 valence electrons. The molecule has 1 aromatic carbocycles. The average Bonchev–Trinajstić information content (AvgIpc) is 2.46. The summed E-state index contributed by atoms with van der Waals surface area (Å²) >= 11 is 0. The van der Waals surface area contributed by atoms with Crippen LogP contribution >= 0.6 is 0 Å². The highest BCUT2D eigenvalue weighted by molar-refractivity contribution is 5.35. The third kappa shape index (κ3) is 4.11. The van der Waals surface area contributed by atoms with Gasteiger partial charge in [-0.05, 0) is 61.8 Å². The maximum absolute atomic E-state index is 2.24. The first-order chi connectivity index (χ1) is 9.58. The maximum Gasteiger partial charge on any atom is -0.0386 e. The van der Waals surface area contributed by atoms with Crippen LogP contribution < -0.4 is 0 Å². The van der Waals surface area contributed by atoms with Crippen LogP contribution in [0.1, 0.15) is 73.6 Å². The van der Waals surface area contributed by atoms with Crippen LogP contribution in [0.4, 0.5) is 0 Å². The van der Waals surface area contributed by atoms with Crippen molar-refractivity contribution in [3.05, 3.63) is 34.4 Å². The first-order valence-electron chi connectivity index (χ1n) is 8.62. The summed E-state index contributed by atoms with van der Waals surface area (Å²) in [5.74, 6) is 2.31. The topological polar surface area (TPSA) is 0 Å². The van der Waals surface area contributed by atoms with Crippen molar-refractivity contribution in [2.75, 3.05) is 0 Å². The fourth-order valence-corrected chi connectivity index (χ4v) is 3.96. The van der Waals surface area contributed by atoms with Crippen molar-refractivity contribution in [1.82, 2.24) is 0 Å². The minimum Gasteiger partial charge on any atom is -0.0559 e. The van der Waals surface area contributed by atoms with Crippen LogP contribution in [0.15, 0.2) is 12.1 Å². The van der Waals surface area contributed by atoms with E-state index in [2.05, 4.69) is 39.8 Å². The van der Waals surface area contributed by atoms with Crippen LogP contribution in [-0.4, -0.2) is 0 Å². The lowest BCUT2D eigenvalue weighted by Gasteiger charge is -2.35. The lowest BCUT2D eigenvalue weighted by atomic mass is 9.71. The third-order valence-electron chi connectivity index (χ3n) is 5.58. The van der Waals surface area contributed by atoms with Gasteiger partial charge in [-0.3, -0.25) is 0 Å². The molecule has 0 heteroatoms. The quantitative estimate of drug-likeness (QED) is 0.521. The Kier molecular flexibility index (Phi) is 5.69. The Morgan fingerprint density at radius 1 is 0.550 bits per heavy atom. The first kappa shape index (κ1) is 15.6. The molecule has 0 aromatic heterocycles. The highest BCUT2D eigenvalue weighted by Crippen LogP contribution is 2.39. The number of aryl methyl sites for hydroxylation is 4. The molecule has 0 bridgehead atoms. The molecule has 0 radical (unpaired) electrons. The Labute approximate surface area is 126 Å². The second-order valence-electron chi connectivity index (χ2n) is 7.11. The zero-order chi connectivity index (χ0) is 14.5. The van der Waals surface area contributed by atoms with Gasteiger partial charge in [-0.15, -0.1) is 0 Å². The average molecular weight is 272 g/mol. The zero-order valence-corrected chi connectivity index (χ0v) is 14.0. The SMILES string of the molecule is C1CCC2CCCCC2C1.Cc1cc(C)c(C)cc1C. The highest BCUT2D eigenvalue weighted by atomic mass is 14.3. The smallest absolute Gasteiger partial charge is 0.0386 e. The molecular weight excluding hydrogens is 240 g/mol. The third-order valence-corrected chi connectivity index (χ3v) is 5.58. The second kappa shape index (κ2) is 7.29. The van der Waals surface area contributed by atoms with Gasteiger partial charge in [-0.25, -0.2) is 0 Å². The second-order valence-corrected chi connectivity index (χ2v) is 7.11. The van der Waals surface area contributed by atoms with Gasteiger partial charge >= 0.3 is 0 Å². The van der Waals surface area contributed by atoms with Crippen LogP contribution in [-0.2, 0) is 0 Å². The number of benzene rings is 1. The van der Waals surface area contributed by atoms with E-state index in [1.807, 2.05) is 0 Å². The Morgan fingerprint density at radius 2 is 0.800 bits per heavy atom. The maximum atomic E-state index is 2.24. The molecule has 0 aliphatic heterocycles. The van der Waals surface area contributed by atoms with Crippen molar-refractivity contribution in [3.8, 4) is 0 Å². The van der Waals surface area contributed by atoms with Crippen LogP contribution in [0.25, 0.3) is 0 Å². The van der Waals surface area contributed by atoms with Crippen LogP contribution in [0.5, 0.6) is 0 Å². The molecule has 0 amide bonds. The van der Waals surface area contributed by atoms with Gasteiger partial charge in [0.15, 0.2) is 0 Å². The summed E-state index contributed by atoms with van der Waals surface area (Å²) in [4.78, 5) is 0. The van der Waals surface area contributed by atoms with Gasteiger partial charge < -0.3 is 0 Å². The van der Waals surface area contributed by atoms with E-state index in [4.69, 9.17) is 0 Å². The minimum absolute atomic E-state index is 1.16. The molecule has 2 fully saturated rings. The lowest BCUT2D eigenvalue weighted by molar-refractivity contribution is 0.171. The summed E-state index contributed by atoms with van der Waals surface area (Å²) in [5.41, 5.74) is 5.57. The van der Waals surface area contributed by atoms with Crippen LogP contribution in [0, 0.1) is 39.5 Å². The Balaban J connectivity index is 0.000000147. The summed E-state index contributed by atoms with van der Waals surface area (Å²) in [6.07, 6.45) is 12.4. The standard InChI is InChI=1S/C10H18.C10H14/c1-2-6-10-8-4-3-7-9(10)5-1;1-7-5-9(3)10(4)6-8(7)2/h9-10H,1-8H2;5-6H,1-4H3. The minimum atomic E-state index is 1.16. The number of hydrogen-bond acceptors (Lipinski definition) is 0. The number of fused-ring (bicyclic) bond motifs is 1. The molecule has 3 rings (SSSR count). The fourth-order valence-electron chi connectivity index (χ4n) is 3.96. The van der Waals surface area contributed by atoms with E-state index in [0.717, 1.165) is 11.8 Å². The summed E-state index contributed by atoms with van der Waals surface area (Å²) in [6, 6.07) is 4.48. The Bertz CT molecular complexity index is 354. The predicted octanol–water partition coefficient (Wildman–Crippen LogP) is 6.29. The zero-order valence-electron chi connectivity index (χ0n) is 14.0. The van der Waals surface area contributed by atoms with Crippen molar-refractivity contribution in [2.24, 2.45) is 11.8 Å². The van der Waals surface area contributed by atoms with E-state index >= 15 is 0 Å². The van der Waals surface area contributed by atoms with Gasteiger partial charge in [0, 0.05) is 0 Å². The van der Waals surface area contributed by atoms with E-state index < -0.39 is 0 Å². The van der Waals surface area contributed by atoms with Gasteiger partial charge in [0.25, 0.3) is 0 Å². The molecule has 0 unspecified atom stereocenters. The van der Waals surface area contributed by atoms with E-state index in [1.165, 1.54) is 47.9 Å². The molecule has 0 nitrogen and oxygen atoms in total. The predicted molar refractivity (Wildman–Crippen MR) is 89.3 cm³/mol. The van der Waals surface area contributed by atoms with Crippen LogP contribution in [0.3, 0.4) is 0 Å². The molecule has 0 heterocycles. The molecule has 1 aromatic rings. The highest BCUT2D eigenvalue weighted by Gasteiger charge is 2.26. The largest absolute Gasteiger partial charge is 0.0559 e. The van der Waals surface area contributed by atoms with E-state index in [0.29, 0.717) is 0 Å². The first-order valence-corrected chi connectivity index (χ1v) is 8.62. The summed E-state index contributed by atoms with van der Waals surface area (Å²) < 4.78 is 0. The van der Waals surface area contributed by atoms with Crippen molar-refractivity contribution in [3.63, 3.8) is 0 Å². The molecule has 2 aliphatic carbocycles. The van der Waals surface area contributed by atoms with Gasteiger partial charge in [-0.1, -0.05) is 63.5 Å². The molecule has 0 atom stereocenters. The number of rotatable bonds is 0. The van der Waals surface area contributed by atoms with Gasteiger partial charge in [-0.2, -0.15) is 0 Å². The van der Waals surface area contributed by atoms with Gasteiger partial charge in [0.1, 0.15) is 0 Å². The monoisotopic (exact) mass is 272 g/mol. The van der Waals surface area contributed by atoms with Gasteiger partial charge in [0.05, 0.1) is 0 Å². The molecular formula is C20H32. The van der Waals surface area contributed by atoms with Gasteiger partial charge in [0.2, 0.25) is 0 Å². The van der Waals surface area contributed by atoms with E-state index in [-0.39, 0.29) is 0 Å². The molecule has 0 spiro atoms.